The maximum absolute atomic E-state index is 11.8. The number of carbonyl (C=O) groups excluding carboxylic acids is 2. The van der Waals surface area contributed by atoms with Crippen LogP contribution in [0.15, 0.2) is 30.3 Å². The third kappa shape index (κ3) is 3.93. The van der Waals surface area contributed by atoms with E-state index in [2.05, 4.69) is 15.6 Å². The summed E-state index contributed by atoms with van der Waals surface area (Å²) in [7, 11) is 1.66. The van der Waals surface area contributed by atoms with E-state index in [0.29, 0.717) is 15.9 Å². The number of primary amides is 1. The van der Waals surface area contributed by atoms with Crippen LogP contribution < -0.4 is 21.1 Å². The number of hydrogen-bond donors (Lipinski definition) is 3. The predicted molar refractivity (Wildman–Crippen MR) is 80.7 cm³/mol. The summed E-state index contributed by atoms with van der Waals surface area (Å²) in [5, 5.41) is 6.15. The van der Waals surface area contributed by atoms with Crippen LogP contribution in [0, 0.1) is 0 Å². The number of ether oxygens (including phenoxy) is 1. The normalized spacial score (nSPS) is 9.95. The lowest BCUT2D eigenvalue weighted by Crippen LogP contribution is -2.22. The number of hydrogen-bond acceptors (Lipinski definition) is 6. The number of amides is 2. The van der Waals surface area contributed by atoms with Crippen molar-refractivity contribution < 1.29 is 14.3 Å². The van der Waals surface area contributed by atoms with Gasteiger partial charge in [-0.15, -0.1) is 0 Å². The van der Waals surface area contributed by atoms with E-state index >= 15 is 0 Å². The van der Waals surface area contributed by atoms with Gasteiger partial charge in [0.1, 0.15) is 10.8 Å². The molecular formula is C13H14N4O3S. The number of nitrogens with zero attached hydrogens (tertiary/aromatic N) is 1. The van der Waals surface area contributed by atoms with Crippen molar-refractivity contribution in [2.45, 2.75) is 0 Å². The Hall–Kier alpha value is -2.61. The highest BCUT2D eigenvalue weighted by Crippen LogP contribution is 2.27. The molecule has 4 N–H and O–H groups in total. The topological polar surface area (TPSA) is 106 Å². The average Bonchev–Trinajstić information content (AvgIpc) is 2.89. The van der Waals surface area contributed by atoms with E-state index in [9.17, 15) is 9.59 Å². The molecule has 8 heteroatoms. The van der Waals surface area contributed by atoms with Gasteiger partial charge in [0.05, 0.1) is 0 Å². The molecule has 1 aromatic carbocycles. The maximum Gasteiger partial charge on any atom is 0.270 e. The Morgan fingerprint density at radius 2 is 2.05 bits per heavy atom. The van der Waals surface area contributed by atoms with Gasteiger partial charge in [0.2, 0.25) is 0 Å². The highest BCUT2D eigenvalue weighted by atomic mass is 32.1. The number of aromatic nitrogens is 1. The third-order valence-electron chi connectivity index (χ3n) is 2.44. The van der Waals surface area contributed by atoms with Gasteiger partial charge in [0.25, 0.3) is 11.8 Å². The van der Waals surface area contributed by atoms with E-state index in [4.69, 9.17) is 10.5 Å². The first-order valence-electron chi connectivity index (χ1n) is 6.06. The molecule has 0 spiro atoms. The van der Waals surface area contributed by atoms with Gasteiger partial charge < -0.3 is 21.1 Å². The molecule has 2 aromatic rings. The van der Waals surface area contributed by atoms with Gasteiger partial charge in [-0.25, -0.2) is 4.98 Å². The smallest absolute Gasteiger partial charge is 0.270 e. The molecule has 21 heavy (non-hydrogen) atoms. The molecule has 0 saturated carbocycles. The number of anilines is 2. The lowest BCUT2D eigenvalue weighted by molar-refractivity contribution is -0.118. The lowest BCUT2D eigenvalue weighted by Gasteiger charge is -2.06. The third-order valence-corrected chi connectivity index (χ3v) is 3.43. The van der Waals surface area contributed by atoms with Crippen LogP contribution in [-0.2, 0) is 4.79 Å². The first-order valence-corrected chi connectivity index (χ1v) is 6.88. The van der Waals surface area contributed by atoms with Gasteiger partial charge in [0, 0.05) is 7.05 Å². The Kier molecular flexibility index (Phi) is 4.72. The van der Waals surface area contributed by atoms with Gasteiger partial charge in [-0.1, -0.05) is 29.5 Å². The maximum atomic E-state index is 11.8. The van der Waals surface area contributed by atoms with E-state index in [1.807, 2.05) is 6.07 Å². The van der Waals surface area contributed by atoms with Crippen LogP contribution in [0.5, 0.6) is 5.75 Å². The van der Waals surface area contributed by atoms with E-state index in [1.165, 1.54) is 0 Å². The van der Waals surface area contributed by atoms with Crippen molar-refractivity contribution in [2.75, 3.05) is 24.3 Å². The summed E-state index contributed by atoms with van der Waals surface area (Å²) in [5.41, 5.74) is 5.24. The highest BCUT2D eigenvalue weighted by Gasteiger charge is 2.17. The SMILES string of the molecule is CNc1nc(C(N)=O)c(NC(=O)COc2ccccc2)s1. The molecule has 0 fully saturated rings. The fourth-order valence-corrected chi connectivity index (χ4v) is 2.35. The summed E-state index contributed by atoms with van der Waals surface area (Å²) in [5.74, 6) is -0.511. The molecule has 0 atom stereocenters. The summed E-state index contributed by atoms with van der Waals surface area (Å²) in [4.78, 5) is 27.1. The Morgan fingerprint density at radius 1 is 1.33 bits per heavy atom. The van der Waals surface area contributed by atoms with Crippen molar-refractivity contribution in [3.05, 3.63) is 36.0 Å². The molecule has 0 saturated heterocycles. The van der Waals surface area contributed by atoms with Gasteiger partial charge in [0.15, 0.2) is 17.4 Å². The van der Waals surface area contributed by atoms with Crippen molar-refractivity contribution >= 4 is 33.3 Å². The molecular weight excluding hydrogens is 292 g/mol. The van der Waals surface area contributed by atoms with Crippen molar-refractivity contribution in [3.63, 3.8) is 0 Å². The molecule has 0 aliphatic carbocycles. The molecule has 0 aliphatic heterocycles. The molecule has 2 rings (SSSR count). The second-order valence-electron chi connectivity index (χ2n) is 3.96. The molecule has 110 valence electrons. The molecule has 0 radical (unpaired) electrons. The summed E-state index contributed by atoms with van der Waals surface area (Å²) >= 11 is 1.13. The zero-order chi connectivity index (χ0) is 15.2. The number of rotatable bonds is 6. The van der Waals surface area contributed by atoms with Crippen LogP contribution >= 0.6 is 11.3 Å². The number of thiazole rings is 1. The molecule has 1 aromatic heterocycles. The highest BCUT2D eigenvalue weighted by molar-refractivity contribution is 7.20. The zero-order valence-corrected chi connectivity index (χ0v) is 12.1. The van der Waals surface area contributed by atoms with Gasteiger partial charge >= 0.3 is 0 Å². The van der Waals surface area contributed by atoms with Crippen LogP contribution in [0.4, 0.5) is 10.1 Å². The first-order chi connectivity index (χ1) is 10.1. The second-order valence-corrected chi connectivity index (χ2v) is 4.96. The Morgan fingerprint density at radius 3 is 2.67 bits per heavy atom. The van der Waals surface area contributed by atoms with E-state index in [0.717, 1.165) is 11.3 Å². The van der Waals surface area contributed by atoms with Crippen molar-refractivity contribution in [3.8, 4) is 5.75 Å². The van der Waals surface area contributed by atoms with E-state index < -0.39 is 11.8 Å². The fraction of sp³-hybridized carbons (Fsp3) is 0.154. The zero-order valence-electron chi connectivity index (χ0n) is 11.3. The summed E-state index contributed by atoms with van der Waals surface area (Å²) < 4.78 is 5.31. The van der Waals surface area contributed by atoms with Crippen LogP contribution in [0.2, 0.25) is 0 Å². The molecule has 0 aliphatic rings. The predicted octanol–water partition coefficient (Wildman–Crippen LogP) is 1.30. The first kappa shape index (κ1) is 14.8. The number of carbonyl (C=O) groups is 2. The van der Waals surface area contributed by atoms with Crippen molar-refractivity contribution in [1.82, 2.24) is 4.98 Å². The van der Waals surface area contributed by atoms with Crippen molar-refractivity contribution in [2.24, 2.45) is 5.73 Å². The quantitative estimate of drug-likeness (QED) is 0.746. The summed E-state index contributed by atoms with van der Waals surface area (Å²) in [6, 6.07) is 8.95. The minimum Gasteiger partial charge on any atom is -0.484 e. The molecule has 7 nitrogen and oxygen atoms in total. The van der Waals surface area contributed by atoms with Crippen LogP contribution in [0.25, 0.3) is 0 Å². The number of para-hydroxylation sites is 1. The summed E-state index contributed by atoms with van der Waals surface area (Å²) in [6.45, 7) is -0.172. The number of nitrogens with one attached hydrogen (secondary N) is 2. The van der Waals surface area contributed by atoms with Crippen LogP contribution in [0.3, 0.4) is 0 Å². The Labute approximate surface area is 125 Å². The summed E-state index contributed by atoms with van der Waals surface area (Å²) in [6.07, 6.45) is 0. The van der Waals surface area contributed by atoms with Crippen molar-refractivity contribution in [1.29, 1.82) is 0 Å². The molecule has 0 bridgehead atoms. The lowest BCUT2D eigenvalue weighted by atomic mass is 10.3. The van der Waals surface area contributed by atoms with Gasteiger partial charge in [-0.05, 0) is 12.1 Å². The molecule has 0 unspecified atom stereocenters. The minimum absolute atomic E-state index is 0.0254. The van der Waals surface area contributed by atoms with E-state index in [-0.39, 0.29) is 12.3 Å². The second kappa shape index (κ2) is 6.71. The van der Waals surface area contributed by atoms with Crippen LogP contribution in [-0.4, -0.2) is 30.5 Å². The fourth-order valence-electron chi connectivity index (χ4n) is 1.51. The van der Waals surface area contributed by atoms with Crippen LogP contribution in [0.1, 0.15) is 10.5 Å². The van der Waals surface area contributed by atoms with Gasteiger partial charge in [-0.3, -0.25) is 9.59 Å². The molecule has 2 amide bonds. The van der Waals surface area contributed by atoms with Gasteiger partial charge in [-0.2, -0.15) is 0 Å². The monoisotopic (exact) mass is 306 g/mol. The molecule has 1 heterocycles. The standard InChI is InChI=1S/C13H14N4O3S/c1-15-13-17-10(11(14)19)12(21-13)16-9(18)7-20-8-5-3-2-4-6-8/h2-6H,7H2,1H3,(H2,14,19)(H,15,17)(H,16,18). The average molecular weight is 306 g/mol. The van der Waals surface area contributed by atoms with E-state index in [1.54, 1.807) is 31.3 Å². The Bertz CT molecular complexity index is 642. The number of nitrogens with two attached hydrogens (primary N) is 1. The Balaban J connectivity index is 1.99. The minimum atomic E-state index is -0.702. The number of benzene rings is 1. The largest absolute Gasteiger partial charge is 0.484 e.